The first kappa shape index (κ1) is 23.7. The topological polar surface area (TPSA) is 62.7 Å². The molecular formula is C19H20Cl4N2O4. The molecule has 0 fully saturated rings. The van der Waals surface area contributed by atoms with Crippen LogP contribution in [0.15, 0.2) is 28.8 Å². The summed E-state index contributed by atoms with van der Waals surface area (Å²) in [4.78, 5) is 8.35. The molecule has 1 aromatic carbocycles. The second-order valence-electron chi connectivity index (χ2n) is 5.63. The first-order chi connectivity index (χ1) is 13.9. The standard InChI is InChI=1S/C19H20Cl4N2O4/c1-3-26-19-24-12(2)9-17(25-19)28-6-4-7-29-18-14(20)10-13(11-15(18)21)27-8-5-16(22)23/h5,9-11H,3-4,6-8H2,1-2H3. The van der Waals surface area contributed by atoms with Crippen LogP contribution < -0.4 is 18.9 Å². The lowest BCUT2D eigenvalue weighted by molar-refractivity contribution is 0.237. The summed E-state index contributed by atoms with van der Waals surface area (Å²) in [6.07, 6.45) is 2.10. The molecule has 0 unspecified atom stereocenters. The van der Waals surface area contributed by atoms with Gasteiger partial charge in [-0.2, -0.15) is 4.98 Å². The van der Waals surface area contributed by atoms with Crippen LogP contribution in [0.1, 0.15) is 19.0 Å². The van der Waals surface area contributed by atoms with Gasteiger partial charge < -0.3 is 18.9 Å². The number of ether oxygens (including phenoxy) is 4. The zero-order chi connectivity index (χ0) is 21.2. The average molecular weight is 482 g/mol. The zero-order valence-electron chi connectivity index (χ0n) is 15.9. The number of halogens is 4. The molecule has 6 nitrogen and oxygen atoms in total. The molecule has 0 saturated carbocycles. The van der Waals surface area contributed by atoms with Crippen LogP contribution in [0.4, 0.5) is 0 Å². The summed E-state index contributed by atoms with van der Waals surface area (Å²) in [6, 6.07) is 5.24. The molecule has 10 heteroatoms. The summed E-state index contributed by atoms with van der Waals surface area (Å²) >= 11 is 23.5. The number of aromatic nitrogens is 2. The van der Waals surface area contributed by atoms with Crippen molar-refractivity contribution < 1.29 is 18.9 Å². The van der Waals surface area contributed by atoms with Crippen LogP contribution in [0, 0.1) is 6.92 Å². The molecular weight excluding hydrogens is 462 g/mol. The molecule has 0 N–H and O–H groups in total. The molecule has 0 bridgehead atoms. The third kappa shape index (κ3) is 8.34. The van der Waals surface area contributed by atoms with E-state index in [0.29, 0.717) is 59.7 Å². The summed E-state index contributed by atoms with van der Waals surface area (Å²) in [5.74, 6) is 1.30. The monoisotopic (exact) mass is 480 g/mol. The minimum Gasteiger partial charge on any atom is -0.490 e. The van der Waals surface area contributed by atoms with Gasteiger partial charge in [-0.25, -0.2) is 4.98 Å². The number of hydrogen-bond acceptors (Lipinski definition) is 6. The van der Waals surface area contributed by atoms with E-state index in [9.17, 15) is 0 Å². The lowest BCUT2D eigenvalue weighted by Gasteiger charge is -2.12. The molecule has 1 heterocycles. The van der Waals surface area contributed by atoms with E-state index >= 15 is 0 Å². The van der Waals surface area contributed by atoms with Crippen molar-refractivity contribution in [3.8, 4) is 23.4 Å². The number of nitrogens with zero attached hydrogens (tertiary/aromatic N) is 2. The highest BCUT2D eigenvalue weighted by molar-refractivity contribution is 6.55. The SMILES string of the molecule is CCOc1nc(C)cc(OCCCOc2c(Cl)cc(OCC=C(Cl)Cl)cc2Cl)n1. The van der Waals surface area contributed by atoms with Crippen LogP contribution in [-0.4, -0.2) is 36.4 Å². The fourth-order valence-electron chi connectivity index (χ4n) is 2.15. The fourth-order valence-corrected chi connectivity index (χ4v) is 2.85. The maximum atomic E-state index is 6.23. The van der Waals surface area contributed by atoms with E-state index in [2.05, 4.69) is 9.97 Å². The Balaban J connectivity index is 1.82. The minimum atomic E-state index is 0.121. The first-order valence-corrected chi connectivity index (χ1v) is 10.3. The Kier molecular flexibility index (Phi) is 9.94. The Bertz CT molecular complexity index is 822. The van der Waals surface area contributed by atoms with E-state index in [4.69, 9.17) is 65.4 Å². The second kappa shape index (κ2) is 12.2. The van der Waals surface area contributed by atoms with Crippen molar-refractivity contribution in [2.24, 2.45) is 0 Å². The molecule has 0 radical (unpaired) electrons. The molecule has 2 aromatic rings. The van der Waals surface area contributed by atoms with E-state index in [1.165, 1.54) is 6.08 Å². The Morgan fingerprint density at radius 1 is 0.966 bits per heavy atom. The normalized spacial score (nSPS) is 10.4. The van der Waals surface area contributed by atoms with Gasteiger partial charge in [0.05, 0.1) is 29.9 Å². The van der Waals surface area contributed by atoms with Gasteiger partial charge >= 0.3 is 6.01 Å². The minimum absolute atomic E-state index is 0.121. The van der Waals surface area contributed by atoms with Gasteiger partial charge in [0.15, 0.2) is 5.75 Å². The maximum absolute atomic E-state index is 6.23. The Labute approximate surface area is 189 Å². The summed E-state index contributed by atoms with van der Waals surface area (Å²) in [5, 5.41) is 0.671. The van der Waals surface area contributed by atoms with Gasteiger partial charge in [-0.3, -0.25) is 0 Å². The Morgan fingerprint density at radius 2 is 1.66 bits per heavy atom. The zero-order valence-corrected chi connectivity index (χ0v) is 18.9. The number of aryl methyl sites for hydroxylation is 1. The lowest BCUT2D eigenvalue weighted by Crippen LogP contribution is -2.07. The van der Waals surface area contributed by atoms with Crippen molar-refractivity contribution in [3.63, 3.8) is 0 Å². The Morgan fingerprint density at radius 3 is 2.31 bits per heavy atom. The summed E-state index contributed by atoms with van der Waals surface area (Å²) in [5.41, 5.74) is 0.763. The first-order valence-electron chi connectivity index (χ1n) is 8.76. The molecule has 158 valence electrons. The fraction of sp³-hybridized carbons (Fsp3) is 0.368. The van der Waals surface area contributed by atoms with Gasteiger partial charge in [-0.15, -0.1) is 0 Å². The van der Waals surface area contributed by atoms with Crippen LogP contribution in [0.25, 0.3) is 0 Å². The van der Waals surface area contributed by atoms with Gasteiger partial charge in [0.25, 0.3) is 0 Å². The lowest BCUT2D eigenvalue weighted by atomic mass is 10.3. The quantitative estimate of drug-likeness (QED) is 0.365. The van der Waals surface area contributed by atoms with Crippen LogP contribution >= 0.6 is 46.4 Å². The van der Waals surface area contributed by atoms with Gasteiger partial charge in [0, 0.05) is 30.3 Å². The molecule has 0 aliphatic carbocycles. The third-order valence-electron chi connectivity index (χ3n) is 3.33. The number of hydrogen-bond donors (Lipinski definition) is 0. The van der Waals surface area contributed by atoms with Gasteiger partial charge in [-0.1, -0.05) is 46.4 Å². The van der Waals surface area contributed by atoms with E-state index in [1.807, 2.05) is 13.8 Å². The van der Waals surface area contributed by atoms with Crippen molar-refractivity contribution in [2.75, 3.05) is 26.4 Å². The highest BCUT2D eigenvalue weighted by Gasteiger charge is 2.11. The van der Waals surface area contributed by atoms with E-state index in [-0.39, 0.29) is 11.1 Å². The van der Waals surface area contributed by atoms with Crippen molar-refractivity contribution in [1.29, 1.82) is 0 Å². The number of rotatable bonds is 11. The third-order valence-corrected chi connectivity index (χ3v) is 4.20. The Hall–Kier alpha value is -1.60. The predicted octanol–water partition coefficient (Wildman–Crippen LogP) is 6.04. The maximum Gasteiger partial charge on any atom is 0.319 e. The van der Waals surface area contributed by atoms with Crippen LogP contribution in [0.3, 0.4) is 0 Å². The van der Waals surface area contributed by atoms with Crippen molar-refractivity contribution in [3.05, 3.63) is 44.5 Å². The highest BCUT2D eigenvalue weighted by Crippen LogP contribution is 2.37. The molecule has 1 aromatic heterocycles. The van der Waals surface area contributed by atoms with Crippen molar-refractivity contribution in [2.45, 2.75) is 20.3 Å². The predicted molar refractivity (Wildman–Crippen MR) is 115 cm³/mol. The molecule has 0 spiro atoms. The molecule has 2 rings (SSSR count). The molecule has 0 aliphatic heterocycles. The van der Waals surface area contributed by atoms with E-state index < -0.39 is 0 Å². The average Bonchev–Trinajstić information content (AvgIpc) is 2.63. The molecule has 29 heavy (non-hydrogen) atoms. The van der Waals surface area contributed by atoms with Crippen molar-refractivity contribution in [1.82, 2.24) is 9.97 Å². The van der Waals surface area contributed by atoms with Crippen LogP contribution in [0.5, 0.6) is 23.4 Å². The summed E-state index contributed by atoms with van der Waals surface area (Å²) in [7, 11) is 0. The second-order valence-corrected chi connectivity index (χ2v) is 7.46. The summed E-state index contributed by atoms with van der Waals surface area (Å²) < 4.78 is 22.2. The van der Waals surface area contributed by atoms with Gasteiger partial charge in [0.2, 0.25) is 5.88 Å². The van der Waals surface area contributed by atoms with Crippen LogP contribution in [-0.2, 0) is 0 Å². The van der Waals surface area contributed by atoms with E-state index in [0.717, 1.165) is 5.69 Å². The van der Waals surface area contributed by atoms with Crippen LogP contribution in [0.2, 0.25) is 10.0 Å². The molecule has 0 saturated heterocycles. The summed E-state index contributed by atoms with van der Waals surface area (Å²) in [6.45, 7) is 5.14. The van der Waals surface area contributed by atoms with Gasteiger partial charge in [-0.05, 0) is 19.9 Å². The van der Waals surface area contributed by atoms with Crippen molar-refractivity contribution >= 4 is 46.4 Å². The molecule has 0 amide bonds. The number of benzene rings is 1. The largest absolute Gasteiger partial charge is 0.490 e. The van der Waals surface area contributed by atoms with Gasteiger partial charge in [0.1, 0.15) is 16.8 Å². The highest BCUT2D eigenvalue weighted by atomic mass is 35.5. The smallest absolute Gasteiger partial charge is 0.319 e. The molecule has 0 atom stereocenters. The van der Waals surface area contributed by atoms with E-state index in [1.54, 1.807) is 18.2 Å². The molecule has 0 aliphatic rings.